The van der Waals surface area contributed by atoms with Crippen LogP contribution in [0.3, 0.4) is 0 Å². The van der Waals surface area contributed by atoms with Gasteiger partial charge in [-0.3, -0.25) is 19.3 Å². The van der Waals surface area contributed by atoms with Gasteiger partial charge in [0.1, 0.15) is 6.54 Å². The number of amides is 3. The number of halogens is 3. The quantitative estimate of drug-likeness (QED) is 0.586. The largest absolute Gasteiger partial charge is 0.324 e. The molecule has 138 valence electrons. The molecule has 0 saturated carbocycles. The van der Waals surface area contributed by atoms with E-state index in [0.29, 0.717) is 25.8 Å². The molecular formula is C18H11BrCl2N2O3S. The van der Waals surface area contributed by atoms with Gasteiger partial charge in [-0.05, 0) is 69.7 Å². The first-order valence-electron chi connectivity index (χ1n) is 7.59. The molecule has 0 unspecified atom stereocenters. The van der Waals surface area contributed by atoms with Gasteiger partial charge in [0.05, 0.1) is 9.93 Å². The lowest BCUT2D eigenvalue weighted by Gasteiger charge is -2.12. The highest BCUT2D eigenvalue weighted by atomic mass is 79.9. The van der Waals surface area contributed by atoms with Crippen LogP contribution in [0.25, 0.3) is 6.08 Å². The summed E-state index contributed by atoms with van der Waals surface area (Å²) in [5.74, 6) is -1.02. The molecule has 0 atom stereocenters. The zero-order valence-electron chi connectivity index (χ0n) is 13.5. The number of anilines is 1. The summed E-state index contributed by atoms with van der Waals surface area (Å²) < 4.78 is 0.694. The minimum atomic E-state index is -0.519. The summed E-state index contributed by atoms with van der Waals surface area (Å²) in [5.41, 5.74) is 1.16. The molecule has 3 rings (SSSR count). The van der Waals surface area contributed by atoms with Crippen LogP contribution in [0.1, 0.15) is 5.56 Å². The van der Waals surface area contributed by atoms with E-state index in [1.165, 1.54) is 0 Å². The Morgan fingerprint density at radius 1 is 1.19 bits per heavy atom. The molecule has 1 fully saturated rings. The van der Waals surface area contributed by atoms with E-state index < -0.39 is 17.1 Å². The SMILES string of the molecule is O=C(CN1C(=O)S/C(=C/c2cccc(Cl)c2)C1=O)Nc1ccc(Br)c(Cl)c1. The van der Waals surface area contributed by atoms with Crippen LogP contribution in [0.2, 0.25) is 10.0 Å². The van der Waals surface area contributed by atoms with E-state index in [-0.39, 0.29) is 11.4 Å². The lowest BCUT2D eigenvalue weighted by atomic mass is 10.2. The van der Waals surface area contributed by atoms with Crippen LogP contribution in [0.4, 0.5) is 10.5 Å². The van der Waals surface area contributed by atoms with Gasteiger partial charge in [0, 0.05) is 15.2 Å². The number of rotatable bonds is 4. The Bertz CT molecular complexity index is 981. The molecule has 0 aliphatic carbocycles. The number of thioether (sulfide) groups is 1. The maximum Gasteiger partial charge on any atom is 0.294 e. The molecule has 0 radical (unpaired) electrons. The summed E-state index contributed by atoms with van der Waals surface area (Å²) in [4.78, 5) is 37.9. The van der Waals surface area contributed by atoms with Gasteiger partial charge in [-0.2, -0.15) is 0 Å². The van der Waals surface area contributed by atoms with E-state index in [2.05, 4.69) is 21.2 Å². The van der Waals surface area contributed by atoms with Crippen molar-refractivity contribution in [1.82, 2.24) is 4.90 Å². The Labute approximate surface area is 177 Å². The standard InChI is InChI=1S/C18H11BrCl2N2O3S/c19-13-5-4-12(8-14(13)21)22-16(24)9-23-17(25)15(27-18(23)26)7-10-2-1-3-11(20)6-10/h1-8H,9H2,(H,22,24)/b15-7+. The lowest BCUT2D eigenvalue weighted by Crippen LogP contribution is -2.36. The van der Waals surface area contributed by atoms with Crippen molar-refractivity contribution in [1.29, 1.82) is 0 Å². The highest BCUT2D eigenvalue weighted by Crippen LogP contribution is 2.32. The first-order chi connectivity index (χ1) is 12.8. The third-order valence-electron chi connectivity index (χ3n) is 3.53. The van der Waals surface area contributed by atoms with Crippen LogP contribution >= 0.6 is 50.9 Å². The molecule has 1 aliphatic rings. The second-order valence-corrected chi connectivity index (χ2v) is 8.19. The molecule has 3 amide bonds. The van der Waals surface area contributed by atoms with E-state index in [0.717, 1.165) is 16.7 Å². The summed E-state index contributed by atoms with van der Waals surface area (Å²) in [5, 5.41) is 3.07. The number of hydrogen-bond donors (Lipinski definition) is 1. The minimum Gasteiger partial charge on any atom is -0.324 e. The molecule has 2 aromatic carbocycles. The molecule has 1 saturated heterocycles. The number of carbonyl (C=O) groups excluding carboxylic acids is 3. The van der Waals surface area contributed by atoms with Crippen molar-refractivity contribution in [2.45, 2.75) is 0 Å². The Hall–Kier alpha value is -1.80. The van der Waals surface area contributed by atoms with Crippen LogP contribution in [0.5, 0.6) is 0 Å². The average molecular weight is 486 g/mol. The Morgan fingerprint density at radius 2 is 1.96 bits per heavy atom. The Morgan fingerprint density at radius 3 is 2.67 bits per heavy atom. The fourth-order valence-corrected chi connectivity index (χ4v) is 3.77. The number of nitrogens with zero attached hydrogens (tertiary/aromatic N) is 1. The van der Waals surface area contributed by atoms with Crippen molar-refractivity contribution in [3.05, 3.63) is 67.5 Å². The molecular weight excluding hydrogens is 475 g/mol. The summed E-state index contributed by atoms with van der Waals surface area (Å²) in [7, 11) is 0. The first-order valence-corrected chi connectivity index (χ1v) is 9.96. The number of hydrogen-bond acceptors (Lipinski definition) is 4. The predicted molar refractivity (Wildman–Crippen MR) is 112 cm³/mol. The van der Waals surface area contributed by atoms with Crippen molar-refractivity contribution in [2.24, 2.45) is 0 Å². The van der Waals surface area contributed by atoms with Crippen LogP contribution in [-0.2, 0) is 9.59 Å². The number of imide groups is 1. The van der Waals surface area contributed by atoms with Crippen molar-refractivity contribution < 1.29 is 14.4 Å². The van der Waals surface area contributed by atoms with Crippen LogP contribution in [0, 0.1) is 0 Å². The fraction of sp³-hybridized carbons (Fsp3) is 0.0556. The van der Waals surface area contributed by atoms with Crippen LogP contribution in [0.15, 0.2) is 51.8 Å². The fourth-order valence-electron chi connectivity index (χ4n) is 2.30. The summed E-state index contributed by atoms with van der Waals surface area (Å²) in [6.45, 7) is -0.384. The maximum atomic E-state index is 12.5. The molecule has 5 nitrogen and oxygen atoms in total. The highest BCUT2D eigenvalue weighted by Gasteiger charge is 2.36. The molecule has 0 aromatic heterocycles. The van der Waals surface area contributed by atoms with Gasteiger partial charge in [-0.1, -0.05) is 35.3 Å². The van der Waals surface area contributed by atoms with Gasteiger partial charge >= 0.3 is 0 Å². The second-order valence-electron chi connectivity index (χ2n) is 5.50. The smallest absolute Gasteiger partial charge is 0.294 e. The van der Waals surface area contributed by atoms with Crippen LogP contribution < -0.4 is 5.32 Å². The highest BCUT2D eigenvalue weighted by molar-refractivity contribution is 9.10. The van der Waals surface area contributed by atoms with Gasteiger partial charge in [-0.15, -0.1) is 0 Å². The Balaban J connectivity index is 1.69. The number of carbonyl (C=O) groups is 3. The van der Waals surface area contributed by atoms with E-state index in [9.17, 15) is 14.4 Å². The molecule has 27 heavy (non-hydrogen) atoms. The average Bonchev–Trinajstić information content (AvgIpc) is 2.86. The van der Waals surface area contributed by atoms with Crippen molar-refractivity contribution in [3.8, 4) is 0 Å². The molecule has 1 heterocycles. The van der Waals surface area contributed by atoms with E-state index >= 15 is 0 Å². The van der Waals surface area contributed by atoms with Crippen molar-refractivity contribution in [3.63, 3.8) is 0 Å². The maximum absolute atomic E-state index is 12.5. The van der Waals surface area contributed by atoms with Gasteiger partial charge in [-0.25, -0.2) is 0 Å². The second kappa shape index (κ2) is 8.48. The summed E-state index contributed by atoms with van der Waals surface area (Å²) in [6, 6.07) is 11.8. The topological polar surface area (TPSA) is 66.5 Å². The molecule has 2 aromatic rings. The summed E-state index contributed by atoms with van der Waals surface area (Å²) >= 11 is 16.0. The molecule has 0 bridgehead atoms. The van der Waals surface area contributed by atoms with Gasteiger partial charge < -0.3 is 5.32 Å². The third-order valence-corrected chi connectivity index (χ3v) is 5.90. The lowest BCUT2D eigenvalue weighted by molar-refractivity contribution is -0.127. The zero-order chi connectivity index (χ0) is 19.6. The predicted octanol–water partition coefficient (Wildman–Crippen LogP) is 5.43. The molecule has 1 N–H and O–H groups in total. The van der Waals surface area contributed by atoms with E-state index in [1.807, 2.05) is 0 Å². The van der Waals surface area contributed by atoms with Gasteiger partial charge in [0.15, 0.2) is 0 Å². The van der Waals surface area contributed by atoms with E-state index in [4.69, 9.17) is 23.2 Å². The zero-order valence-corrected chi connectivity index (χ0v) is 17.5. The first kappa shape index (κ1) is 19.9. The van der Waals surface area contributed by atoms with Crippen molar-refractivity contribution >= 4 is 79.7 Å². The van der Waals surface area contributed by atoms with Gasteiger partial charge in [0.2, 0.25) is 5.91 Å². The van der Waals surface area contributed by atoms with Crippen LogP contribution in [-0.4, -0.2) is 28.5 Å². The molecule has 1 aliphatic heterocycles. The third kappa shape index (κ3) is 4.93. The van der Waals surface area contributed by atoms with Crippen molar-refractivity contribution in [2.75, 3.05) is 11.9 Å². The molecule has 0 spiro atoms. The number of nitrogens with one attached hydrogen (secondary N) is 1. The Kier molecular flexibility index (Phi) is 6.26. The number of benzene rings is 2. The summed E-state index contributed by atoms with van der Waals surface area (Å²) in [6.07, 6.45) is 1.57. The van der Waals surface area contributed by atoms with Gasteiger partial charge in [0.25, 0.3) is 11.1 Å². The minimum absolute atomic E-state index is 0.238. The normalized spacial score (nSPS) is 15.5. The van der Waals surface area contributed by atoms with E-state index in [1.54, 1.807) is 48.5 Å². The monoisotopic (exact) mass is 484 g/mol. The molecule has 9 heteroatoms.